The van der Waals surface area contributed by atoms with Crippen LogP contribution in [0.4, 0.5) is 10.1 Å². The summed E-state index contributed by atoms with van der Waals surface area (Å²) in [6, 6.07) is 3.82. The van der Waals surface area contributed by atoms with Gasteiger partial charge in [-0.15, -0.1) is 0 Å². The third-order valence-corrected chi connectivity index (χ3v) is 3.36. The van der Waals surface area contributed by atoms with Crippen LogP contribution in [0.3, 0.4) is 0 Å². The molecule has 0 aromatic heterocycles. The summed E-state index contributed by atoms with van der Waals surface area (Å²) in [7, 11) is 0. The maximum Gasteiger partial charge on any atom is 0.139 e. The number of nitrogens with one attached hydrogen (secondary N) is 1. The minimum Gasteiger partial charge on any atom is -0.382 e. The summed E-state index contributed by atoms with van der Waals surface area (Å²) in [5.74, 6) is -0.209. The van der Waals surface area contributed by atoms with Crippen LogP contribution < -0.4 is 5.32 Å². The summed E-state index contributed by atoms with van der Waals surface area (Å²) in [5, 5.41) is 3.41. The Morgan fingerprint density at radius 2 is 2.06 bits per heavy atom. The molecule has 0 aliphatic rings. The van der Waals surface area contributed by atoms with Crippen LogP contribution in [0.25, 0.3) is 0 Å². The van der Waals surface area contributed by atoms with E-state index in [1.807, 2.05) is 13.0 Å². The van der Waals surface area contributed by atoms with E-state index in [1.54, 1.807) is 6.07 Å². The third-order valence-electron chi connectivity index (χ3n) is 2.76. The summed E-state index contributed by atoms with van der Waals surface area (Å²) in [6.45, 7) is 6.31. The first-order chi connectivity index (χ1) is 7.58. The first-order valence-corrected chi connectivity index (χ1v) is 6.60. The largest absolute Gasteiger partial charge is 0.382 e. The molecule has 0 fully saturated rings. The smallest absolute Gasteiger partial charge is 0.139 e. The fourth-order valence-electron chi connectivity index (χ4n) is 1.75. The third kappa shape index (κ3) is 3.48. The highest BCUT2D eigenvalue weighted by molar-refractivity contribution is 9.10. The van der Waals surface area contributed by atoms with Crippen molar-refractivity contribution in [3.63, 3.8) is 0 Å². The normalized spacial score (nSPS) is 12.6. The molecule has 0 aliphatic heterocycles. The average molecular weight is 288 g/mol. The summed E-state index contributed by atoms with van der Waals surface area (Å²) < 4.78 is 13.9. The maximum atomic E-state index is 13.4. The van der Waals surface area contributed by atoms with Gasteiger partial charge in [0.25, 0.3) is 0 Å². The van der Waals surface area contributed by atoms with Gasteiger partial charge in [-0.2, -0.15) is 0 Å². The SMILES string of the molecule is CCCC(CC)Nc1cc(F)c(Br)cc1C. The van der Waals surface area contributed by atoms with Crippen LogP contribution in [-0.2, 0) is 0 Å². The van der Waals surface area contributed by atoms with Crippen LogP contribution in [0.15, 0.2) is 16.6 Å². The van der Waals surface area contributed by atoms with Crippen LogP contribution in [-0.4, -0.2) is 6.04 Å². The van der Waals surface area contributed by atoms with Gasteiger partial charge in [-0.3, -0.25) is 0 Å². The van der Waals surface area contributed by atoms with Gasteiger partial charge in [-0.1, -0.05) is 20.3 Å². The molecule has 1 aromatic carbocycles. The monoisotopic (exact) mass is 287 g/mol. The first-order valence-electron chi connectivity index (χ1n) is 5.80. The second-order valence-corrected chi connectivity index (χ2v) is 4.97. The lowest BCUT2D eigenvalue weighted by molar-refractivity contribution is 0.611. The number of hydrogen-bond donors (Lipinski definition) is 1. The number of aryl methyl sites for hydroxylation is 1. The lowest BCUT2D eigenvalue weighted by atomic mass is 10.1. The van der Waals surface area contributed by atoms with Crippen molar-refractivity contribution in [2.45, 2.75) is 46.1 Å². The van der Waals surface area contributed by atoms with Crippen LogP contribution in [0.2, 0.25) is 0 Å². The number of halogens is 2. The zero-order valence-corrected chi connectivity index (χ0v) is 11.7. The van der Waals surface area contributed by atoms with Crippen LogP contribution in [0.1, 0.15) is 38.7 Å². The second-order valence-electron chi connectivity index (χ2n) is 4.12. The van der Waals surface area contributed by atoms with Gasteiger partial charge in [-0.25, -0.2) is 4.39 Å². The van der Waals surface area contributed by atoms with Crippen molar-refractivity contribution in [3.05, 3.63) is 28.0 Å². The number of benzene rings is 1. The molecule has 0 aliphatic carbocycles. The van der Waals surface area contributed by atoms with Crippen molar-refractivity contribution >= 4 is 21.6 Å². The summed E-state index contributed by atoms with van der Waals surface area (Å²) in [6.07, 6.45) is 3.32. The highest BCUT2D eigenvalue weighted by Crippen LogP contribution is 2.25. The van der Waals surface area contributed by atoms with E-state index in [9.17, 15) is 4.39 Å². The van der Waals surface area contributed by atoms with E-state index in [1.165, 1.54) is 0 Å². The lowest BCUT2D eigenvalue weighted by Crippen LogP contribution is -2.18. The molecular weight excluding hydrogens is 269 g/mol. The summed E-state index contributed by atoms with van der Waals surface area (Å²) in [4.78, 5) is 0. The molecule has 1 unspecified atom stereocenters. The molecule has 0 amide bonds. The summed E-state index contributed by atoms with van der Waals surface area (Å²) in [5.41, 5.74) is 1.98. The molecule has 1 aromatic rings. The van der Waals surface area contributed by atoms with E-state index in [2.05, 4.69) is 35.1 Å². The Hall–Kier alpha value is -0.570. The average Bonchev–Trinajstić information content (AvgIpc) is 2.25. The molecule has 1 N–H and O–H groups in total. The first kappa shape index (κ1) is 13.5. The minimum atomic E-state index is -0.209. The quantitative estimate of drug-likeness (QED) is 0.813. The Morgan fingerprint density at radius 1 is 1.38 bits per heavy atom. The molecule has 16 heavy (non-hydrogen) atoms. The van der Waals surface area contributed by atoms with Gasteiger partial charge in [0, 0.05) is 11.7 Å². The molecule has 0 saturated heterocycles. The molecule has 0 bridgehead atoms. The topological polar surface area (TPSA) is 12.0 Å². The van der Waals surface area contributed by atoms with Gasteiger partial charge in [-0.05, 0) is 53.4 Å². The number of anilines is 1. The highest BCUT2D eigenvalue weighted by atomic mass is 79.9. The standard InChI is InChI=1S/C13H19BrFN/c1-4-6-10(5-2)16-13-8-12(15)11(14)7-9(13)3/h7-8,10,16H,4-6H2,1-3H3. The van der Waals surface area contributed by atoms with Crippen molar-refractivity contribution in [2.24, 2.45) is 0 Å². The Kier molecular flexibility index (Phi) is 5.26. The molecule has 1 atom stereocenters. The van der Waals surface area contributed by atoms with E-state index in [0.717, 1.165) is 30.5 Å². The van der Waals surface area contributed by atoms with E-state index >= 15 is 0 Å². The van der Waals surface area contributed by atoms with Crippen molar-refractivity contribution < 1.29 is 4.39 Å². The maximum absolute atomic E-state index is 13.4. The number of hydrogen-bond acceptors (Lipinski definition) is 1. The molecule has 0 spiro atoms. The molecule has 90 valence electrons. The van der Waals surface area contributed by atoms with Gasteiger partial charge in [0.05, 0.1) is 4.47 Å². The Balaban J connectivity index is 2.83. The fourth-order valence-corrected chi connectivity index (χ4v) is 2.21. The van der Waals surface area contributed by atoms with Crippen molar-refractivity contribution in [1.29, 1.82) is 0 Å². The zero-order valence-electron chi connectivity index (χ0n) is 10.1. The zero-order chi connectivity index (χ0) is 12.1. The number of rotatable bonds is 5. The second kappa shape index (κ2) is 6.24. The van der Waals surface area contributed by atoms with Crippen LogP contribution in [0.5, 0.6) is 0 Å². The predicted octanol–water partition coefficient (Wildman–Crippen LogP) is 4.89. The van der Waals surface area contributed by atoms with Crippen molar-refractivity contribution in [2.75, 3.05) is 5.32 Å². The van der Waals surface area contributed by atoms with Crippen molar-refractivity contribution in [1.82, 2.24) is 0 Å². The van der Waals surface area contributed by atoms with Gasteiger partial charge >= 0.3 is 0 Å². The molecular formula is C13H19BrFN. The van der Waals surface area contributed by atoms with E-state index in [4.69, 9.17) is 0 Å². The molecule has 0 heterocycles. The van der Waals surface area contributed by atoms with Crippen molar-refractivity contribution in [3.8, 4) is 0 Å². The fraction of sp³-hybridized carbons (Fsp3) is 0.538. The van der Waals surface area contributed by atoms with Gasteiger partial charge < -0.3 is 5.32 Å². The summed E-state index contributed by atoms with van der Waals surface area (Å²) >= 11 is 3.19. The molecule has 0 radical (unpaired) electrons. The van der Waals surface area contributed by atoms with Crippen LogP contribution >= 0.6 is 15.9 Å². The Morgan fingerprint density at radius 3 is 2.62 bits per heavy atom. The van der Waals surface area contributed by atoms with E-state index in [0.29, 0.717) is 10.5 Å². The lowest BCUT2D eigenvalue weighted by Gasteiger charge is -2.19. The van der Waals surface area contributed by atoms with Gasteiger partial charge in [0.2, 0.25) is 0 Å². The molecule has 1 rings (SSSR count). The Bertz CT molecular complexity index is 352. The Labute approximate surface area is 106 Å². The minimum absolute atomic E-state index is 0.209. The highest BCUT2D eigenvalue weighted by Gasteiger charge is 2.09. The predicted molar refractivity (Wildman–Crippen MR) is 71.4 cm³/mol. The van der Waals surface area contributed by atoms with Crippen LogP contribution in [0, 0.1) is 12.7 Å². The molecule has 0 saturated carbocycles. The molecule has 1 nitrogen and oxygen atoms in total. The van der Waals surface area contributed by atoms with E-state index in [-0.39, 0.29) is 5.82 Å². The van der Waals surface area contributed by atoms with Gasteiger partial charge in [0.15, 0.2) is 0 Å². The molecule has 3 heteroatoms. The van der Waals surface area contributed by atoms with Gasteiger partial charge in [0.1, 0.15) is 5.82 Å². The van der Waals surface area contributed by atoms with E-state index < -0.39 is 0 Å².